The molecule has 0 saturated heterocycles. The lowest BCUT2D eigenvalue weighted by atomic mass is 9.91. The number of benzene rings is 4. The molecule has 1 aliphatic carbocycles. The highest BCUT2D eigenvalue weighted by Crippen LogP contribution is 2.50. The maximum atomic E-state index is 2.39. The molecule has 1 aliphatic rings. The molecule has 1 atom stereocenters. The van der Waals surface area contributed by atoms with E-state index in [0.29, 0.717) is 5.92 Å². The summed E-state index contributed by atoms with van der Waals surface area (Å²) < 4.78 is 0. The van der Waals surface area contributed by atoms with Crippen LogP contribution in [0.15, 0.2) is 91.0 Å². The highest BCUT2D eigenvalue weighted by atomic mass is 14.3. The summed E-state index contributed by atoms with van der Waals surface area (Å²) in [6.45, 7) is 4.55. The second-order valence-corrected chi connectivity index (χ2v) is 7.53. The smallest absolute Gasteiger partial charge is 0.00738 e. The molecule has 1 unspecified atom stereocenters. The molecule has 0 spiro atoms. The molecule has 0 bridgehead atoms. The van der Waals surface area contributed by atoms with Gasteiger partial charge in [-0.3, -0.25) is 0 Å². The summed E-state index contributed by atoms with van der Waals surface area (Å²) in [7, 11) is 0. The first kappa shape index (κ1) is 16.1. The first-order valence-electron chi connectivity index (χ1n) is 9.62. The van der Waals surface area contributed by atoms with Crippen LogP contribution in [-0.4, -0.2) is 0 Å². The molecule has 0 N–H and O–H groups in total. The lowest BCUT2D eigenvalue weighted by Gasteiger charge is -2.13. The molecule has 5 rings (SSSR count). The minimum atomic E-state index is 0.418. The van der Waals surface area contributed by atoms with E-state index >= 15 is 0 Å². The largest absolute Gasteiger partial charge is 0.0622 e. The zero-order valence-corrected chi connectivity index (χ0v) is 15.7. The number of aryl methyl sites for hydroxylation is 1. The Kier molecular flexibility index (Phi) is 3.72. The van der Waals surface area contributed by atoms with Crippen LogP contribution in [0.5, 0.6) is 0 Å². The van der Waals surface area contributed by atoms with Crippen molar-refractivity contribution in [1.29, 1.82) is 0 Å². The molecule has 0 aliphatic heterocycles. The van der Waals surface area contributed by atoms with Gasteiger partial charge in [0.25, 0.3) is 0 Å². The van der Waals surface area contributed by atoms with Crippen molar-refractivity contribution in [2.45, 2.75) is 19.8 Å². The zero-order valence-electron chi connectivity index (χ0n) is 15.7. The summed E-state index contributed by atoms with van der Waals surface area (Å²) in [6.07, 6.45) is 0. The molecule has 0 aromatic heterocycles. The summed E-state index contributed by atoms with van der Waals surface area (Å²) >= 11 is 0. The number of hydrogen-bond acceptors (Lipinski definition) is 0. The van der Waals surface area contributed by atoms with E-state index in [1.54, 1.807) is 0 Å². The van der Waals surface area contributed by atoms with Gasteiger partial charge in [0.2, 0.25) is 0 Å². The maximum Gasteiger partial charge on any atom is 0.00738 e. The van der Waals surface area contributed by atoms with Crippen LogP contribution in [-0.2, 0) is 0 Å². The van der Waals surface area contributed by atoms with Gasteiger partial charge in [0.15, 0.2) is 0 Å². The van der Waals surface area contributed by atoms with Crippen LogP contribution in [0.2, 0.25) is 0 Å². The van der Waals surface area contributed by atoms with Gasteiger partial charge in [-0.25, -0.2) is 0 Å². The van der Waals surface area contributed by atoms with Crippen LogP contribution >= 0.6 is 0 Å². The van der Waals surface area contributed by atoms with Crippen molar-refractivity contribution >= 4 is 0 Å². The van der Waals surface area contributed by atoms with E-state index in [2.05, 4.69) is 105 Å². The van der Waals surface area contributed by atoms with Crippen LogP contribution < -0.4 is 0 Å². The first-order valence-corrected chi connectivity index (χ1v) is 9.62. The van der Waals surface area contributed by atoms with E-state index in [4.69, 9.17) is 0 Å². The average Bonchev–Trinajstić information content (AvgIpc) is 3.00. The molecule has 0 fully saturated rings. The van der Waals surface area contributed by atoms with Gasteiger partial charge in [-0.05, 0) is 57.5 Å². The highest BCUT2D eigenvalue weighted by Gasteiger charge is 2.28. The minimum absolute atomic E-state index is 0.418. The van der Waals surface area contributed by atoms with Gasteiger partial charge in [0.05, 0.1) is 0 Å². The van der Waals surface area contributed by atoms with Crippen molar-refractivity contribution in [3.8, 4) is 33.4 Å². The van der Waals surface area contributed by atoms with E-state index in [1.165, 1.54) is 50.1 Å². The summed E-state index contributed by atoms with van der Waals surface area (Å²) in [5.74, 6) is 0.418. The maximum absolute atomic E-state index is 2.39. The number of fused-ring (bicyclic) bond motifs is 3. The van der Waals surface area contributed by atoms with E-state index in [1.807, 2.05) is 0 Å². The van der Waals surface area contributed by atoms with Crippen molar-refractivity contribution in [2.75, 3.05) is 0 Å². The highest BCUT2D eigenvalue weighted by molar-refractivity contribution is 5.92. The fourth-order valence-corrected chi connectivity index (χ4v) is 4.43. The first-order chi connectivity index (χ1) is 13.2. The molecular formula is C27H22. The van der Waals surface area contributed by atoms with Crippen LogP contribution in [0.3, 0.4) is 0 Å². The monoisotopic (exact) mass is 346 g/mol. The quantitative estimate of drug-likeness (QED) is 0.353. The molecule has 0 radical (unpaired) electrons. The fourth-order valence-electron chi connectivity index (χ4n) is 4.43. The molecule has 4 aromatic rings. The normalized spacial score (nSPS) is 14.7. The number of hydrogen-bond donors (Lipinski definition) is 0. The van der Waals surface area contributed by atoms with Crippen LogP contribution in [0, 0.1) is 6.92 Å². The third kappa shape index (κ3) is 2.61. The third-order valence-electron chi connectivity index (χ3n) is 5.76. The Labute approximate surface area is 161 Å². The van der Waals surface area contributed by atoms with Gasteiger partial charge < -0.3 is 0 Å². The van der Waals surface area contributed by atoms with Gasteiger partial charge in [-0.1, -0.05) is 97.4 Å². The Bertz CT molecular complexity index is 1120. The number of rotatable bonds is 2. The lowest BCUT2D eigenvalue weighted by Crippen LogP contribution is -1.92. The predicted molar refractivity (Wildman–Crippen MR) is 115 cm³/mol. The van der Waals surface area contributed by atoms with E-state index < -0.39 is 0 Å². The SMILES string of the molecule is Cc1cc(-c2ccccc2)c2c(c1)C(C)c1cc(-c3ccccc3)ccc1-2. The van der Waals surface area contributed by atoms with Gasteiger partial charge in [-0.15, -0.1) is 0 Å². The van der Waals surface area contributed by atoms with Gasteiger partial charge in [0.1, 0.15) is 0 Å². The van der Waals surface area contributed by atoms with Crippen molar-refractivity contribution in [3.05, 3.63) is 108 Å². The molecule has 0 amide bonds. The molecule has 0 heterocycles. The minimum Gasteiger partial charge on any atom is -0.0622 e. The summed E-state index contributed by atoms with van der Waals surface area (Å²) in [5, 5.41) is 0. The van der Waals surface area contributed by atoms with E-state index in [9.17, 15) is 0 Å². The lowest BCUT2D eigenvalue weighted by molar-refractivity contribution is 0.955. The van der Waals surface area contributed by atoms with Crippen LogP contribution in [0.1, 0.15) is 29.5 Å². The van der Waals surface area contributed by atoms with Gasteiger partial charge in [-0.2, -0.15) is 0 Å². The molecule has 0 nitrogen and oxygen atoms in total. The Morgan fingerprint density at radius 1 is 0.556 bits per heavy atom. The van der Waals surface area contributed by atoms with Crippen molar-refractivity contribution < 1.29 is 0 Å². The average molecular weight is 346 g/mol. The summed E-state index contributed by atoms with van der Waals surface area (Å²) in [5.41, 5.74) is 12.2. The Morgan fingerprint density at radius 3 is 1.93 bits per heavy atom. The molecule has 130 valence electrons. The standard InChI is InChI=1S/C27H22/c1-18-15-25-19(2)24-17-22(20-9-5-3-6-10-20)13-14-23(24)27(25)26(16-18)21-11-7-4-8-12-21/h3-17,19H,1-2H3. The second kappa shape index (κ2) is 6.25. The third-order valence-corrected chi connectivity index (χ3v) is 5.76. The zero-order chi connectivity index (χ0) is 18.4. The molecule has 27 heavy (non-hydrogen) atoms. The summed E-state index contributed by atoms with van der Waals surface area (Å²) in [4.78, 5) is 0. The topological polar surface area (TPSA) is 0 Å². The van der Waals surface area contributed by atoms with E-state index in [-0.39, 0.29) is 0 Å². The summed E-state index contributed by atoms with van der Waals surface area (Å²) in [6, 6.07) is 33.1. The van der Waals surface area contributed by atoms with Crippen LogP contribution in [0.25, 0.3) is 33.4 Å². The van der Waals surface area contributed by atoms with Crippen LogP contribution in [0.4, 0.5) is 0 Å². The Morgan fingerprint density at radius 2 is 1.22 bits per heavy atom. The Hall–Kier alpha value is -3.12. The van der Waals surface area contributed by atoms with Crippen molar-refractivity contribution in [1.82, 2.24) is 0 Å². The molecule has 4 aromatic carbocycles. The fraction of sp³-hybridized carbons (Fsp3) is 0.111. The van der Waals surface area contributed by atoms with E-state index in [0.717, 1.165) is 0 Å². The van der Waals surface area contributed by atoms with Gasteiger partial charge >= 0.3 is 0 Å². The molecule has 0 saturated carbocycles. The Balaban J connectivity index is 1.73. The second-order valence-electron chi connectivity index (χ2n) is 7.53. The predicted octanol–water partition coefficient (Wildman–Crippen LogP) is 7.46. The van der Waals surface area contributed by atoms with Gasteiger partial charge in [0, 0.05) is 5.92 Å². The van der Waals surface area contributed by atoms with Crippen molar-refractivity contribution in [2.24, 2.45) is 0 Å². The molecular weight excluding hydrogens is 324 g/mol. The van der Waals surface area contributed by atoms with Crippen molar-refractivity contribution in [3.63, 3.8) is 0 Å². The molecule has 0 heteroatoms.